The molecule has 2 heterocycles. The normalized spacial score (nSPS) is 10.3. The monoisotopic (exact) mass is 411 g/mol. The zero-order valence-corrected chi connectivity index (χ0v) is 16.9. The lowest BCUT2D eigenvalue weighted by atomic mass is 10.2. The zero-order chi connectivity index (χ0) is 20.6. The molecule has 0 unspecified atom stereocenters. The number of carbonyl (C=O) groups is 2. The van der Waals surface area contributed by atoms with Crippen LogP contribution in [0.25, 0.3) is 0 Å². The van der Waals surface area contributed by atoms with Gasteiger partial charge in [0.15, 0.2) is 0 Å². The Labute approximate surface area is 172 Å². The first-order chi connectivity index (χ1) is 14.1. The van der Waals surface area contributed by atoms with Crippen LogP contribution in [0.15, 0.2) is 54.2 Å². The number of aromatic nitrogens is 1. The second-order valence-corrected chi connectivity index (χ2v) is 6.79. The van der Waals surface area contributed by atoms with Crippen LogP contribution in [0.1, 0.15) is 33.9 Å². The Balaban J connectivity index is 1.92. The minimum atomic E-state index is -0.322. The lowest BCUT2D eigenvalue weighted by Crippen LogP contribution is -2.15. The molecule has 0 atom stereocenters. The Morgan fingerprint density at radius 3 is 2.14 bits per heavy atom. The summed E-state index contributed by atoms with van der Waals surface area (Å²) in [5.41, 5.74) is 1.33. The van der Waals surface area contributed by atoms with Crippen LogP contribution >= 0.6 is 11.3 Å². The largest absolute Gasteiger partial charge is 0.492 e. The number of nitrogens with one attached hydrogen (secondary N) is 2. The van der Waals surface area contributed by atoms with Crippen molar-refractivity contribution in [3.8, 4) is 11.5 Å². The molecule has 2 N–H and O–H groups in total. The maximum atomic E-state index is 12.5. The van der Waals surface area contributed by atoms with Gasteiger partial charge in [0.2, 0.25) is 0 Å². The fourth-order valence-electron chi connectivity index (χ4n) is 2.59. The second-order valence-electron chi connectivity index (χ2n) is 5.84. The fraction of sp³-hybridized carbons (Fsp3) is 0.190. The van der Waals surface area contributed by atoms with Crippen LogP contribution in [0.3, 0.4) is 0 Å². The summed E-state index contributed by atoms with van der Waals surface area (Å²) in [5.74, 6) is 0.296. The first-order valence-corrected chi connectivity index (χ1v) is 10.00. The summed E-state index contributed by atoms with van der Waals surface area (Å²) in [5, 5.41) is 7.51. The van der Waals surface area contributed by atoms with Gasteiger partial charge in [-0.3, -0.25) is 14.6 Å². The van der Waals surface area contributed by atoms with E-state index in [1.807, 2.05) is 25.3 Å². The van der Waals surface area contributed by atoms with Gasteiger partial charge in [-0.05, 0) is 37.4 Å². The molecule has 150 valence electrons. The van der Waals surface area contributed by atoms with E-state index in [0.717, 1.165) is 0 Å². The molecule has 0 saturated carbocycles. The van der Waals surface area contributed by atoms with Crippen LogP contribution in [0, 0.1) is 0 Å². The second kappa shape index (κ2) is 9.70. The molecule has 3 aromatic rings. The van der Waals surface area contributed by atoms with Crippen molar-refractivity contribution in [3.63, 3.8) is 0 Å². The fourth-order valence-corrected chi connectivity index (χ4v) is 3.21. The van der Waals surface area contributed by atoms with Crippen LogP contribution in [-0.4, -0.2) is 30.0 Å². The Morgan fingerprint density at radius 2 is 1.62 bits per heavy atom. The summed E-state index contributed by atoms with van der Waals surface area (Å²) in [6, 6.07) is 10.2. The average molecular weight is 411 g/mol. The number of amides is 2. The van der Waals surface area contributed by atoms with Crippen molar-refractivity contribution >= 4 is 34.5 Å². The van der Waals surface area contributed by atoms with E-state index in [4.69, 9.17) is 9.47 Å². The van der Waals surface area contributed by atoms with Gasteiger partial charge < -0.3 is 20.1 Å². The van der Waals surface area contributed by atoms with Gasteiger partial charge >= 0.3 is 0 Å². The third-order valence-corrected chi connectivity index (χ3v) is 4.72. The Kier molecular flexibility index (Phi) is 6.80. The van der Waals surface area contributed by atoms with Crippen LogP contribution in [0.5, 0.6) is 11.5 Å². The Hall–Kier alpha value is -3.39. The SMILES string of the molecule is CCOc1cc(NC(=O)c2cccs2)c(OCC)cc1NC(=O)c1cccnc1. The smallest absolute Gasteiger partial charge is 0.265 e. The number of ether oxygens (including phenoxy) is 2. The van der Waals surface area contributed by atoms with Gasteiger partial charge in [-0.25, -0.2) is 0 Å². The van der Waals surface area contributed by atoms with Crippen LogP contribution in [0.2, 0.25) is 0 Å². The van der Waals surface area contributed by atoms with Crippen molar-refractivity contribution in [1.82, 2.24) is 4.98 Å². The molecule has 0 radical (unpaired) electrons. The summed E-state index contributed by atoms with van der Waals surface area (Å²) in [6.07, 6.45) is 3.08. The van der Waals surface area contributed by atoms with E-state index < -0.39 is 0 Å². The number of hydrogen-bond acceptors (Lipinski definition) is 6. The van der Waals surface area contributed by atoms with E-state index in [1.165, 1.54) is 17.5 Å². The third kappa shape index (κ3) is 5.11. The van der Waals surface area contributed by atoms with Gasteiger partial charge in [-0.1, -0.05) is 6.07 Å². The number of anilines is 2. The maximum Gasteiger partial charge on any atom is 0.265 e. The van der Waals surface area contributed by atoms with Crippen LogP contribution < -0.4 is 20.1 Å². The van der Waals surface area contributed by atoms with E-state index in [9.17, 15) is 9.59 Å². The highest BCUT2D eigenvalue weighted by Gasteiger charge is 2.18. The van der Waals surface area contributed by atoms with E-state index in [2.05, 4.69) is 15.6 Å². The van der Waals surface area contributed by atoms with E-state index in [1.54, 1.807) is 36.5 Å². The molecule has 0 saturated heterocycles. The van der Waals surface area contributed by atoms with Crippen LogP contribution in [0.4, 0.5) is 11.4 Å². The molecule has 2 aromatic heterocycles. The highest BCUT2D eigenvalue weighted by atomic mass is 32.1. The minimum Gasteiger partial charge on any atom is -0.492 e. The van der Waals surface area contributed by atoms with Gasteiger partial charge in [0, 0.05) is 24.5 Å². The van der Waals surface area contributed by atoms with E-state index in [0.29, 0.717) is 46.5 Å². The molecule has 0 spiro atoms. The van der Waals surface area contributed by atoms with Crippen molar-refractivity contribution in [2.45, 2.75) is 13.8 Å². The van der Waals surface area contributed by atoms with E-state index in [-0.39, 0.29) is 11.8 Å². The molecule has 8 heteroatoms. The molecule has 2 amide bonds. The lowest BCUT2D eigenvalue weighted by Gasteiger charge is -2.17. The van der Waals surface area contributed by atoms with Gasteiger partial charge in [-0.2, -0.15) is 0 Å². The first-order valence-electron chi connectivity index (χ1n) is 9.12. The molecular formula is C21H21N3O4S. The standard InChI is InChI=1S/C21H21N3O4S/c1-3-27-17-12-16(24-21(26)19-8-6-10-29-19)18(28-4-2)11-15(17)23-20(25)14-7-5-9-22-13-14/h5-13H,3-4H2,1-2H3,(H,23,25)(H,24,26). The molecule has 0 aliphatic heterocycles. The lowest BCUT2D eigenvalue weighted by molar-refractivity contribution is 0.101. The molecule has 0 bridgehead atoms. The molecule has 0 fully saturated rings. The topological polar surface area (TPSA) is 89.5 Å². The summed E-state index contributed by atoms with van der Waals surface area (Å²) in [4.78, 5) is 29.6. The van der Waals surface area contributed by atoms with Crippen molar-refractivity contribution in [3.05, 3.63) is 64.6 Å². The first kappa shape index (κ1) is 20.3. The number of thiophene rings is 1. The number of nitrogens with zero attached hydrogens (tertiary/aromatic N) is 1. The predicted molar refractivity (Wildman–Crippen MR) is 113 cm³/mol. The quantitative estimate of drug-likeness (QED) is 0.572. The number of hydrogen-bond donors (Lipinski definition) is 2. The third-order valence-electron chi connectivity index (χ3n) is 3.85. The van der Waals surface area contributed by atoms with Crippen LogP contribution in [-0.2, 0) is 0 Å². The Bertz CT molecular complexity index is 975. The predicted octanol–water partition coefficient (Wildman–Crippen LogP) is 4.45. The van der Waals surface area contributed by atoms with Crippen molar-refractivity contribution < 1.29 is 19.1 Å². The highest BCUT2D eigenvalue weighted by Crippen LogP contribution is 2.37. The molecule has 3 rings (SSSR count). The van der Waals surface area contributed by atoms with E-state index >= 15 is 0 Å². The summed E-state index contributed by atoms with van der Waals surface area (Å²) < 4.78 is 11.4. The zero-order valence-electron chi connectivity index (χ0n) is 16.1. The minimum absolute atomic E-state index is 0.240. The van der Waals surface area contributed by atoms with Crippen molar-refractivity contribution in [1.29, 1.82) is 0 Å². The number of pyridine rings is 1. The van der Waals surface area contributed by atoms with Gasteiger partial charge in [0.1, 0.15) is 11.5 Å². The van der Waals surface area contributed by atoms with Crippen molar-refractivity contribution in [2.24, 2.45) is 0 Å². The number of rotatable bonds is 8. The molecule has 0 aliphatic carbocycles. The summed E-state index contributed by atoms with van der Waals surface area (Å²) in [6.45, 7) is 4.47. The summed E-state index contributed by atoms with van der Waals surface area (Å²) in [7, 11) is 0. The average Bonchev–Trinajstić information content (AvgIpc) is 3.27. The molecule has 29 heavy (non-hydrogen) atoms. The molecular weight excluding hydrogens is 390 g/mol. The molecule has 0 aliphatic rings. The van der Waals surface area contributed by atoms with Gasteiger partial charge in [-0.15, -0.1) is 11.3 Å². The number of carbonyl (C=O) groups excluding carboxylic acids is 2. The Morgan fingerprint density at radius 1 is 0.966 bits per heavy atom. The number of benzene rings is 1. The van der Waals surface area contributed by atoms with Crippen molar-refractivity contribution in [2.75, 3.05) is 23.8 Å². The van der Waals surface area contributed by atoms with Gasteiger partial charge in [0.25, 0.3) is 11.8 Å². The molecule has 7 nitrogen and oxygen atoms in total. The highest BCUT2D eigenvalue weighted by molar-refractivity contribution is 7.12. The summed E-state index contributed by atoms with van der Waals surface area (Å²) >= 11 is 1.35. The molecule has 1 aromatic carbocycles. The maximum absolute atomic E-state index is 12.5. The van der Waals surface area contributed by atoms with Gasteiger partial charge in [0.05, 0.1) is 35.0 Å².